The van der Waals surface area contributed by atoms with Gasteiger partial charge in [0.25, 0.3) is 0 Å². The summed E-state index contributed by atoms with van der Waals surface area (Å²) in [6.07, 6.45) is 0.849. The molecule has 1 aromatic carbocycles. The zero-order chi connectivity index (χ0) is 15.8. The second-order valence-electron chi connectivity index (χ2n) is 5.07. The highest BCUT2D eigenvalue weighted by molar-refractivity contribution is 5.99. The highest BCUT2D eigenvalue weighted by Gasteiger charge is 2.16. The predicted octanol–water partition coefficient (Wildman–Crippen LogP) is 2.19. The summed E-state index contributed by atoms with van der Waals surface area (Å²) in [7, 11) is 3.89. The van der Waals surface area contributed by atoms with Crippen molar-refractivity contribution < 1.29 is 14.7 Å². The van der Waals surface area contributed by atoms with E-state index in [1.807, 2.05) is 25.9 Å². The summed E-state index contributed by atoms with van der Waals surface area (Å²) in [5.41, 5.74) is 0.413. The number of anilines is 1. The molecule has 2 N–H and O–H groups in total. The molecule has 1 aromatic rings. The maximum atomic E-state index is 12.3. The van der Waals surface area contributed by atoms with Crippen molar-refractivity contribution in [1.82, 2.24) is 9.80 Å². The molecular formula is C15H23N3O3. The van der Waals surface area contributed by atoms with Crippen LogP contribution < -0.4 is 5.32 Å². The van der Waals surface area contributed by atoms with Crippen LogP contribution >= 0.6 is 0 Å². The lowest BCUT2D eigenvalue weighted by molar-refractivity contribution is 0.0698. The van der Waals surface area contributed by atoms with Gasteiger partial charge in [0.15, 0.2) is 0 Å². The number of carboxylic acid groups (broad SMARTS) is 1. The molecule has 0 saturated carbocycles. The lowest BCUT2D eigenvalue weighted by atomic mass is 10.2. The van der Waals surface area contributed by atoms with Crippen molar-refractivity contribution in [2.75, 3.05) is 39.0 Å². The third-order valence-corrected chi connectivity index (χ3v) is 3.00. The SMILES string of the molecule is CCCN(CCN(C)C)C(=O)Nc1ccccc1C(=O)O. The second-order valence-corrected chi connectivity index (χ2v) is 5.07. The molecule has 0 atom stereocenters. The van der Waals surface area contributed by atoms with Crippen LogP contribution in [-0.2, 0) is 0 Å². The van der Waals surface area contributed by atoms with Crippen LogP contribution in [0, 0.1) is 0 Å². The van der Waals surface area contributed by atoms with Crippen LogP contribution in [-0.4, -0.2) is 60.6 Å². The number of benzene rings is 1. The first-order valence-corrected chi connectivity index (χ1v) is 6.98. The van der Waals surface area contributed by atoms with Crippen LogP contribution in [0.2, 0.25) is 0 Å². The smallest absolute Gasteiger partial charge is 0.337 e. The number of carboxylic acids is 1. The number of urea groups is 1. The number of nitrogens with zero attached hydrogens (tertiary/aromatic N) is 2. The van der Waals surface area contributed by atoms with E-state index < -0.39 is 5.97 Å². The molecule has 0 aliphatic rings. The first-order chi connectivity index (χ1) is 9.95. The summed E-state index contributed by atoms with van der Waals surface area (Å²) in [5, 5.41) is 11.8. The lowest BCUT2D eigenvalue weighted by Gasteiger charge is -2.24. The molecule has 6 nitrogen and oxygen atoms in total. The summed E-state index contributed by atoms with van der Waals surface area (Å²) in [5.74, 6) is -1.05. The molecule has 0 aromatic heterocycles. The standard InChI is InChI=1S/C15H23N3O3/c1-4-9-18(11-10-17(2)3)15(21)16-13-8-6-5-7-12(13)14(19)20/h5-8H,4,9-11H2,1-3H3,(H,16,21)(H,19,20). The van der Waals surface area contributed by atoms with Crippen molar-refractivity contribution in [2.45, 2.75) is 13.3 Å². The van der Waals surface area contributed by atoms with Crippen LogP contribution in [0.3, 0.4) is 0 Å². The van der Waals surface area contributed by atoms with Crippen molar-refractivity contribution in [3.63, 3.8) is 0 Å². The molecule has 0 spiro atoms. The van der Waals surface area contributed by atoms with Gasteiger partial charge in [0.2, 0.25) is 0 Å². The summed E-state index contributed by atoms with van der Waals surface area (Å²) in [6.45, 7) is 3.99. The molecule has 0 unspecified atom stereocenters. The van der Waals surface area contributed by atoms with E-state index in [9.17, 15) is 9.59 Å². The van der Waals surface area contributed by atoms with Crippen molar-refractivity contribution in [3.05, 3.63) is 29.8 Å². The largest absolute Gasteiger partial charge is 0.478 e. The van der Waals surface area contributed by atoms with E-state index in [2.05, 4.69) is 5.32 Å². The van der Waals surface area contributed by atoms with E-state index in [0.717, 1.165) is 13.0 Å². The number of aromatic carboxylic acids is 1. The van der Waals surface area contributed by atoms with Gasteiger partial charge in [-0.3, -0.25) is 0 Å². The number of para-hydroxylation sites is 1. The predicted molar refractivity (Wildman–Crippen MR) is 82.8 cm³/mol. The average molecular weight is 293 g/mol. The van der Waals surface area contributed by atoms with Crippen LogP contribution in [0.1, 0.15) is 23.7 Å². The molecule has 21 heavy (non-hydrogen) atoms. The van der Waals surface area contributed by atoms with Gasteiger partial charge in [0.05, 0.1) is 11.3 Å². The zero-order valence-electron chi connectivity index (χ0n) is 12.8. The van der Waals surface area contributed by atoms with Gasteiger partial charge >= 0.3 is 12.0 Å². The van der Waals surface area contributed by atoms with Crippen LogP contribution in [0.15, 0.2) is 24.3 Å². The van der Waals surface area contributed by atoms with E-state index in [-0.39, 0.29) is 11.6 Å². The van der Waals surface area contributed by atoms with Gasteiger partial charge in [0.1, 0.15) is 0 Å². The van der Waals surface area contributed by atoms with E-state index in [0.29, 0.717) is 18.8 Å². The quantitative estimate of drug-likeness (QED) is 0.808. The van der Waals surface area contributed by atoms with Crippen molar-refractivity contribution in [3.8, 4) is 0 Å². The minimum Gasteiger partial charge on any atom is -0.478 e. The van der Waals surface area contributed by atoms with Crippen molar-refractivity contribution in [2.24, 2.45) is 0 Å². The maximum Gasteiger partial charge on any atom is 0.337 e. The third-order valence-electron chi connectivity index (χ3n) is 3.00. The monoisotopic (exact) mass is 293 g/mol. The summed E-state index contributed by atoms with van der Waals surface area (Å²) in [6, 6.07) is 6.13. The van der Waals surface area contributed by atoms with Gasteiger partial charge in [-0.25, -0.2) is 9.59 Å². The number of amides is 2. The molecule has 0 radical (unpaired) electrons. The Labute approximate surface area is 125 Å². The molecule has 0 aliphatic carbocycles. The molecule has 0 heterocycles. The van der Waals surface area contributed by atoms with Gasteiger partial charge < -0.3 is 20.2 Å². The van der Waals surface area contributed by atoms with E-state index >= 15 is 0 Å². The highest BCUT2D eigenvalue weighted by Crippen LogP contribution is 2.15. The number of nitrogens with one attached hydrogen (secondary N) is 1. The van der Waals surface area contributed by atoms with Gasteiger partial charge in [-0.05, 0) is 32.6 Å². The number of carbonyl (C=O) groups excluding carboxylic acids is 1. The third kappa shape index (κ3) is 5.43. The molecule has 0 aliphatic heterocycles. The molecule has 0 bridgehead atoms. The molecule has 116 valence electrons. The maximum absolute atomic E-state index is 12.3. The number of likely N-dealkylation sites (N-methyl/N-ethyl adjacent to an activating group) is 1. The number of carbonyl (C=O) groups is 2. The fourth-order valence-electron chi connectivity index (χ4n) is 1.88. The second kappa shape index (κ2) is 8.26. The first kappa shape index (κ1) is 17.0. The van der Waals surface area contributed by atoms with Gasteiger partial charge in [-0.1, -0.05) is 19.1 Å². The Morgan fingerprint density at radius 3 is 2.38 bits per heavy atom. The van der Waals surface area contributed by atoms with Gasteiger partial charge in [-0.2, -0.15) is 0 Å². The Kier molecular flexibility index (Phi) is 6.68. The van der Waals surface area contributed by atoms with E-state index in [1.165, 1.54) is 6.07 Å². The summed E-state index contributed by atoms with van der Waals surface area (Å²) < 4.78 is 0. The van der Waals surface area contributed by atoms with Crippen LogP contribution in [0.4, 0.5) is 10.5 Å². The highest BCUT2D eigenvalue weighted by atomic mass is 16.4. The Hall–Kier alpha value is -2.08. The van der Waals surface area contributed by atoms with E-state index in [1.54, 1.807) is 23.1 Å². The molecular weight excluding hydrogens is 270 g/mol. The minimum atomic E-state index is -1.05. The van der Waals surface area contributed by atoms with E-state index in [4.69, 9.17) is 5.11 Å². The van der Waals surface area contributed by atoms with Crippen molar-refractivity contribution in [1.29, 1.82) is 0 Å². The summed E-state index contributed by atoms with van der Waals surface area (Å²) >= 11 is 0. The summed E-state index contributed by atoms with van der Waals surface area (Å²) in [4.78, 5) is 27.1. The lowest BCUT2D eigenvalue weighted by Crippen LogP contribution is -2.40. The Bertz CT molecular complexity index is 489. The molecule has 2 amide bonds. The molecule has 0 fully saturated rings. The molecule has 0 saturated heterocycles. The van der Waals surface area contributed by atoms with Crippen LogP contribution in [0.5, 0.6) is 0 Å². The minimum absolute atomic E-state index is 0.0925. The van der Waals surface area contributed by atoms with Crippen molar-refractivity contribution >= 4 is 17.7 Å². The normalized spacial score (nSPS) is 10.5. The fourth-order valence-corrected chi connectivity index (χ4v) is 1.88. The van der Waals surface area contributed by atoms with Gasteiger partial charge in [-0.15, -0.1) is 0 Å². The Morgan fingerprint density at radius 2 is 1.81 bits per heavy atom. The van der Waals surface area contributed by atoms with Crippen LogP contribution in [0.25, 0.3) is 0 Å². The zero-order valence-corrected chi connectivity index (χ0v) is 12.8. The number of hydrogen-bond acceptors (Lipinski definition) is 3. The average Bonchev–Trinajstić information content (AvgIpc) is 2.43. The molecule has 1 rings (SSSR count). The topological polar surface area (TPSA) is 72.9 Å². The van der Waals surface area contributed by atoms with Gasteiger partial charge in [0, 0.05) is 19.6 Å². The number of rotatable bonds is 7. The molecule has 6 heteroatoms. The fraction of sp³-hybridized carbons (Fsp3) is 0.467. The number of hydrogen-bond donors (Lipinski definition) is 2. The Morgan fingerprint density at radius 1 is 1.14 bits per heavy atom. The Balaban J connectivity index is 2.79. The first-order valence-electron chi connectivity index (χ1n) is 6.98.